The number of aryl methyl sites for hydroxylation is 2. The Balaban J connectivity index is 2.11. The topological polar surface area (TPSA) is 43.0 Å². The van der Waals surface area contributed by atoms with Gasteiger partial charge in [0.05, 0.1) is 24.3 Å². The smallest absolute Gasteiger partial charge is 0.124 e. The fraction of sp³-hybridized carbons (Fsp3) is 0.417. The molecule has 0 bridgehead atoms. The zero-order chi connectivity index (χ0) is 11.5. The number of furan rings is 1. The lowest BCUT2D eigenvalue weighted by Crippen LogP contribution is -2.09. The van der Waals surface area contributed by atoms with Gasteiger partial charge in [-0.3, -0.25) is 4.68 Å². The Bertz CT molecular complexity index is 445. The maximum atomic E-state index is 5.07. The first-order valence-corrected chi connectivity index (χ1v) is 5.52. The molecule has 0 saturated heterocycles. The molecule has 16 heavy (non-hydrogen) atoms. The van der Waals surface area contributed by atoms with Crippen molar-refractivity contribution >= 4 is 5.82 Å². The van der Waals surface area contributed by atoms with Crippen LogP contribution in [0.1, 0.15) is 31.1 Å². The highest BCUT2D eigenvalue weighted by atomic mass is 16.3. The zero-order valence-corrected chi connectivity index (χ0v) is 9.90. The molecule has 2 heterocycles. The Hall–Kier alpha value is -1.71. The monoisotopic (exact) mass is 219 g/mol. The van der Waals surface area contributed by atoms with Gasteiger partial charge in [0.15, 0.2) is 0 Å². The first-order chi connectivity index (χ1) is 7.70. The second-order valence-corrected chi connectivity index (χ2v) is 3.92. The first-order valence-electron chi connectivity index (χ1n) is 5.52. The van der Waals surface area contributed by atoms with Crippen LogP contribution in [0.2, 0.25) is 0 Å². The minimum Gasteiger partial charge on any atom is -0.472 e. The molecule has 4 nitrogen and oxygen atoms in total. The lowest BCUT2D eigenvalue weighted by atomic mass is 10.2. The van der Waals surface area contributed by atoms with Crippen molar-refractivity contribution in [2.45, 2.75) is 26.3 Å². The summed E-state index contributed by atoms with van der Waals surface area (Å²) in [6.07, 6.45) is 4.40. The summed E-state index contributed by atoms with van der Waals surface area (Å²) in [5.41, 5.74) is 2.24. The molecule has 86 valence electrons. The highest BCUT2D eigenvalue weighted by Crippen LogP contribution is 2.19. The molecule has 0 radical (unpaired) electrons. The van der Waals surface area contributed by atoms with Crippen molar-refractivity contribution in [2.75, 3.05) is 5.32 Å². The maximum absolute atomic E-state index is 5.07. The molecular weight excluding hydrogens is 202 g/mol. The Morgan fingerprint density at radius 3 is 2.94 bits per heavy atom. The molecule has 1 unspecified atom stereocenters. The number of anilines is 1. The summed E-state index contributed by atoms with van der Waals surface area (Å²) in [5, 5.41) is 7.80. The number of rotatable bonds is 4. The number of nitrogens with zero attached hydrogens (tertiary/aromatic N) is 2. The van der Waals surface area contributed by atoms with Crippen LogP contribution >= 0.6 is 0 Å². The third kappa shape index (κ3) is 2.10. The van der Waals surface area contributed by atoms with Crippen molar-refractivity contribution in [3.8, 4) is 0 Å². The van der Waals surface area contributed by atoms with Gasteiger partial charge < -0.3 is 9.73 Å². The Labute approximate surface area is 95.3 Å². The van der Waals surface area contributed by atoms with Crippen molar-refractivity contribution in [3.63, 3.8) is 0 Å². The standard InChI is InChI=1S/C12H17N3O/c1-4-11-7-12(15(3)14-11)13-9(2)10-5-6-16-8-10/h5-9,13H,4H2,1-3H3. The molecule has 0 aromatic carbocycles. The Morgan fingerprint density at radius 2 is 2.38 bits per heavy atom. The molecule has 0 amide bonds. The molecule has 2 rings (SSSR count). The third-order valence-corrected chi connectivity index (χ3v) is 2.70. The van der Waals surface area contributed by atoms with Gasteiger partial charge in [-0.1, -0.05) is 6.92 Å². The minimum atomic E-state index is 0.221. The molecule has 1 atom stereocenters. The molecule has 2 aromatic rings. The van der Waals surface area contributed by atoms with Gasteiger partial charge in [-0.25, -0.2) is 0 Å². The van der Waals surface area contributed by atoms with E-state index in [9.17, 15) is 0 Å². The van der Waals surface area contributed by atoms with E-state index < -0.39 is 0 Å². The molecule has 4 heteroatoms. The number of nitrogens with one attached hydrogen (secondary N) is 1. The van der Waals surface area contributed by atoms with E-state index in [4.69, 9.17) is 4.42 Å². The van der Waals surface area contributed by atoms with Crippen molar-refractivity contribution in [2.24, 2.45) is 7.05 Å². The Morgan fingerprint density at radius 1 is 1.56 bits per heavy atom. The van der Waals surface area contributed by atoms with Gasteiger partial charge >= 0.3 is 0 Å². The fourth-order valence-electron chi connectivity index (χ4n) is 1.66. The van der Waals surface area contributed by atoms with E-state index in [1.54, 1.807) is 12.5 Å². The van der Waals surface area contributed by atoms with Crippen LogP contribution in [-0.4, -0.2) is 9.78 Å². The predicted octanol–water partition coefficient (Wildman–Crippen LogP) is 2.75. The summed E-state index contributed by atoms with van der Waals surface area (Å²) < 4.78 is 6.94. The highest BCUT2D eigenvalue weighted by Gasteiger charge is 2.09. The second-order valence-electron chi connectivity index (χ2n) is 3.92. The molecule has 0 fully saturated rings. The molecule has 0 spiro atoms. The van der Waals surface area contributed by atoms with Gasteiger partial charge in [-0.05, 0) is 19.4 Å². The van der Waals surface area contributed by atoms with E-state index in [0.717, 1.165) is 23.5 Å². The van der Waals surface area contributed by atoms with Crippen molar-refractivity contribution < 1.29 is 4.42 Å². The first kappa shape index (κ1) is 10.8. The zero-order valence-electron chi connectivity index (χ0n) is 9.90. The lowest BCUT2D eigenvalue weighted by Gasteiger charge is -2.12. The number of aromatic nitrogens is 2. The van der Waals surface area contributed by atoms with Crippen molar-refractivity contribution in [1.82, 2.24) is 9.78 Å². The van der Waals surface area contributed by atoms with Gasteiger partial charge in [-0.2, -0.15) is 5.10 Å². The van der Waals surface area contributed by atoms with Gasteiger partial charge in [0.1, 0.15) is 5.82 Å². The quantitative estimate of drug-likeness (QED) is 0.859. The van der Waals surface area contributed by atoms with Gasteiger partial charge in [0.2, 0.25) is 0 Å². The number of hydrogen-bond acceptors (Lipinski definition) is 3. The summed E-state index contributed by atoms with van der Waals surface area (Å²) >= 11 is 0. The fourth-order valence-corrected chi connectivity index (χ4v) is 1.66. The van der Waals surface area contributed by atoms with Crippen LogP contribution in [0.4, 0.5) is 5.82 Å². The predicted molar refractivity (Wildman–Crippen MR) is 63.3 cm³/mol. The van der Waals surface area contributed by atoms with Gasteiger partial charge in [-0.15, -0.1) is 0 Å². The number of hydrogen-bond donors (Lipinski definition) is 1. The van der Waals surface area contributed by atoms with E-state index in [-0.39, 0.29) is 6.04 Å². The van der Waals surface area contributed by atoms with Crippen LogP contribution in [0.5, 0.6) is 0 Å². The highest BCUT2D eigenvalue weighted by molar-refractivity contribution is 5.39. The van der Waals surface area contributed by atoms with Crippen LogP contribution in [0.25, 0.3) is 0 Å². The molecule has 1 N–H and O–H groups in total. The second kappa shape index (κ2) is 4.43. The summed E-state index contributed by atoms with van der Waals surface area (Å²) in [4.78, 5) is 0. The van der Waals surface area contributed by atoms with E-state index >= 15 is 0 Å². The van der Waals surface area contributed by atoms with Crippen LogP contribution in [-0.2, 0) is 13.5 Å². The third-order valence-electron chi connectivity index (χ3n) is 2.70. The minimum absolute atomic E-state index is 0.221. The van der Waals surface area contributed by atoms with E-state index in [0.29, 0.717) is 0 Å². The summed E-state index contributed by atoms with van der Waals surface area (Å²) in [6.45, 7) is 4.20. The van der Waals surface area contributed by atoms with E-state index in [1.807, 2.05) is 17.8 Å². The summed E-state index contributed by atoms with van der Waals surface area (Å²) in [6, 6.07) is 4.27. The van der Waals surface area contributed by atoms with Crippen LogP contribution in [0.3, 0.4) is 0 Å². The van der Waals surface area contributed by atoms with Crippen LogP contribution in [0, 0.1) is 0 Å². The average Bonchev–Trinajstić information content (AvgIpc) is 2.88. The maximum Gasteiger partial charge on any atom is 0.124 e. The molecule has 2 aromatic heterocycles. The SMILES string of the molecule is CCc1cc(NC(C)c2ccoc2)n(C)n1. The molecule has 0 aliphatic carbocycles. The summed E-state index contributed by atoms with van der Waals surface area (Å²) in [5.74, 6) is 1.03. The van der Waals surface area contributed by atoms with Crippen molar-refractivity contribution in [1.29, 1.82) is 0 Å². The lowest BCUT2D eigenvalue weighted by molar-refractivity contribution is 0.562. The average molecular weight is 219 g/mol. The van der Waals surface area contributed by atoms with E-state index in [2.05, 4.69) is 30.3 Å². The normalized spacial score (nSPS) is 12.7. The molecular formula is C12H17N3O. The summed E-state index contributed by atoms with van der Waals surface area (Å²) in [7, 11) is 1.95. The van der Waals surface area contributed by atoms with Gasteiger partial charge in [0, 0.05) is 18.7 Å². The van der Waals surface area contributed by atoms with Gasteiger partial charge in [0.25, 0.3) is 0 Å². The van der Waals surface area contributed by atoms with Crippen LogP contribution in [0.15, 0.2) is 29.1 Å². The molecule has 0 aliphatic heterocycles. The largest absolute Gasteiger partial charge is 0.472 e. The van der Waals surface area contributed by atoms with E-state index in [1.165, 1.54) is 0 Å². The Kier molecular flexibility index (Phi) is 2.99. The van der Waals surface area contributed by atoms with Crippen molar-refractivity contribution in [3.05, 3.63) is 35.9 Å². The molecule has 0 aliphatic rings. The van der Waals surface area contributed by atoms with Crippen LogP contribution < -0.4 is 5.32 Å². The molecule has 0 saturated carbocycles.